The van der Waals surface area contributed by atoms with Crippen molar-refractivity contribution in [1.29, 1.82) is 0 Å². The molecule has 8 heteroatoms. The summed E-state index contributed by atoms with van der Waals surface area (Å²) < 4.78 is 13.9. The molecule has 2 aromatic rings. The monoisotopic (exact) mass is 370 g/mol. The molecule has 1 saturated heterocycles. The van der Waals surface area contributed by atoms with Gasteiger partial charge in [0.25, 0.3) is 5.91 Å². The molecule has 0 saturated carbocycles. The topological polar surface area (TPSA) is 91.4 Å². The van der Waals surface area contributed by atoms with Crippen LogP contribution in [-0.2, 0) is 9.59 Å². The first-order valence-electron chi connectivity index (χ1n) is 8.54. The van der Waals surface area contributed by atoms with E-state index in [2.05, 4.69) is 15.6 Å². The molecule has 2 heterocycles. The fourth-order valence-corrected chi connectivity index (χ4v) is 2.95. The molecule has 3 rings (SSSR count). The van der Waals surface area contributed by atoms with Crippen molar-refractivity contribution in [3.05, 3.63) is 60.4 Å². The van der Waals surface area contributed by atoms with Crippen LogP contribution in [0.1, 0.15) is 16.8 Å². The van der Waals surface area contributed by atoms with Crippen molar-refractivity contribution in [1.82, 2.24) is 15.2 Å². The van der Waals surface area contributed by atoms with Gasteiger partial charge in [-0.3, -0.25) is 19.4 Å². The standard InChI is InChI=1S/C19H19FN4O3/c20-14-10-16(11-22-17(25)13-6-8-21-9-7-13)24(12-14)19(27)18(26)23-15-4-2-1-3-5-15/h1-9,14,16H,10-12H2,(H,22,25)(H,23,26)/t14-,16-/m0/s1. The number of nitrogens with zero attached hydrogens (tertiary/aromatic N) is 2. The van der Waals surface area contributed by atoms with E-state index in [1.54, 1.807) is 42.5 Å². The molecular formula is C19H19FN4O3. The van der Waals surface area contributed by atoms with Crippen molar-refractivity contribution >= 4 is 23.4 Å². The number of carbonyl (C=O) groups is 3. The lowest BCUT2D eigenvalue weighted by Gasteiger charge is -2.24. The first-order chi connectivity index (χ1) is 13.0. The predicted molar refractivity (Wildman–Crippen MR) is 96.7 cm³/mol. The lowest BCUT2D eigenvalue weighted by Crippen LogP contribution is -2.47. The fourth-order valence-electron chi connectivity index (χ4n) is 2.95. The Kier molecular flexibility index (Phi) is 5.75. The van der Waals surface area contributed by atoms with Crippen LogP contribution >= 0.6 is 0 Å². The average Bonchev–Trinajstić information content (AvgIpc) is 3.07. The van der Waals surface area contributed by atoms with Crippen LogP contribution in [0.2, 0.25) is 0 Å². The number of carbonyl (C=O) groups excluding carboxylic acids is 3. The second-order valence-corrected chi connectivity index (χ2v) is 6.21. The number of alkyl halides is 1. The Morgan fingerprint density at radius 1 is 1.11 bits per heavy atom. The van der Waals surface area contributed by atoms with Gasteiger partial charge in [0.15, 0.2) is 0 Å². The van der Waals surface area contributed by atoms with Crippen LogP contribution in [-0.4, -0.2) is 52.9 Å². The number of aromatic nitrogens is 1. The Labute approximate surface area is 155 Å². The molecule has 1 fully saturated rings. The van der Waals surface area contributed by atoms with Gasteiger partial charge in [0.1, 0.15) is 6.17 Å². The zero-order valence-corrected chi connectivity index (χ0v) is 14.5. The van der Waals surface area contributed by atoms with Gasteiger partial charge in [-0.2, -0.15) is 0 Å². The molecule has 0 radical (unpaired) electrons. The van der Waals surface area contributed by atoms with E-state index in [0.717, 1.165) is 0 Å². The highest BCUT2D eigenvalue weighted by molar-refractivity contribution is 6.39. The maximum atomic E-state index is 13.9. The minimum absolute atomic E-state index is 0.0614. The van der Waals surface area contributed by atoms with Crippen molar-refractivity contribution in [2.75, 3.05) is 18.4 Å². The molecule has 140 valence electrons. The molecule has 27 heavy (non-hydrogen) atoms. The van der Waals surface area contributed by atoms with Gasteiger partial charge in [0.05, 0.1) is 12.6 Å². The number of benzene rings is 1. The molecular weight excluding hydrogens is 351 g/mol. The van der Waals surface area contributed by atoms with Crippen LogP contribution in [0, 0.1) is 0 Å². The van der Waals surface area contributed by atoms with E-state index >= 15 is 0 Å². The van der Waals surface area contributed by atoms with Crippen LogP contribution in [0.5, 0.6) is 0 Å². The Morgan fingerprint density at radius 2 is 1.81 bits per heavy atom. The van der Waals surface area contributed by atoms with Gasteiger partial charge in [-0.1, -0.05) is 18.2 Å². The van der Waals surface area contributed by atoms with Crippen molar-refractivity contribution in [2.24, 2.45) is 0 Å². The van der Waals surface area contributed by atoms with E-state index in [9.17, 15) is 18.8 Å². The summed E-state index contributed by atoms with van der Waals surface area (Å²) in [6, 6.07) is 11.1. The third kappa shape index (κ3) is 4.66. The van der Waals surface area contributed by atoms with Gasteiger partial charge in [-0.25, -0.2) is 4.39 Å². The van der Waals surface area contributed by atoms with E-state index in [4.69, 9.17) is 0 Å². The first-order valence-corrected chi connectivity index (χ1v) is 8.54. The second-order valence-electron chi connectivity index (χ2n) is 6.21. The SMILES string of the molecule is O=C(Nc1ccccc1)C(=O)N1C[C@@H](F)C[C@H]1CNC(=O)c1ccncc1. The fraction of sp³-hybridized carbons (Fsp3) is 0.263. The number of halogens is 1. The van der Waals surface area contributed by atoms with Gasteiger partial charge in [0, 0.05) is 36.6 Å². The lowest BCUT2D eigenvalue weighted by molar-refractivity contribution is -0.143. The Balaban J connectivity index is 1.60. The van der Waals surface area contributed by atoms with E-state index in [1.165, 1.54) is 17.3 Å². The zero-order valence-electron chi connectivity index (χ0n) is 14.5. The summed E-state index contributed by atoms with van der Waals surface area (Å²) in [6.45, 7) is -0.108. The number of rotatable bonds is 4. The van der Waals surface area contributed by atoms with Crippen molar-refractivity contribution in [2.45, 2.75) is 18.6 Å². The van der Waals surface area contributed by atoms with Crippen molar-refractivity contribution in [3.63, 3.8) is 0 Å². The highest BCUT2D eigenvalue weighted by Crippen LogP contribution is 2.21. The molecule has 0 unspecified atom stereocenters. The Hall–Kier alpha value is -3.29. The Morgan fingerprint density at radius 3 is 2.52 bits per heavy atom. The summed E-state index contributed by atoms with van der Waals surface area (Å²) in [4.78, 5) is 41.8. The van der Waals surface area contributed by atoms with E-state index in [0.29, 0.717) is 11.3 Å². The number of nitrogens with one attached hydrogen (secondary N) is 2. The smallest absolute Gasteiger partial charge is 0.313 e. The molecule has 1 aliphatic heterocycles. The summed E-state index contributed by atoms with van der Waals surface area (Å²) in [7, 11) is 0. The molecule has 2 N–H and O–H groups in total. The summed E-state index contributed by atoms with van der Waals surface area (Å²) >= 11 is 0. The van der Waals surface area contributed by atoms with Gasteiger partial charge in [-0.15, -0.1) is 0 Å². The highest BCUT2D eigenvalue weighted by Gasteiger charge is 2.38. The predicted octanol–water partition coefficient (Wildman–Crippen LogP) is 1.39. The van der Waals surface area contributed by atoms with Crippen LogP contribution in [0.3, 0.4) is 0 Å². The number of para-hydroxylation sites is 1. The molecule has 0 bridgehead atoms. The molecule has 2 atom stereocenters. The summed E-state index contributed by atoms with van der Waals surface area (Å²) in [6.07, 6.45) is 1.82. The quantitative estimate of drug-likeness (QED) is 0.796. The number of amides is 3. The number of anilines is 1. The summed E-state index contributed by atoms with van der Waals surface area (Å²) in [5, 5.41) is 5.17. The van der Waals surface area contributed by atoms with E-state index in [-0.39, 0.29) is 25.4 Å². The molecule has 1 aromatic carbocycles. The third-order valence-electron chi connectivity index (χ3n) is 4.29. The first kappa shape index (κ1) is 18.5. The number of hydrogen-bond donors (Lipinski definition) is 2. The molecule has 1 aliphatic rings. The van der Waals surface area contributed by atoms with Crippen molar-refractivity contribution in [3.8, 4) is 0 Å². The minimum atomic E-state index is -1.23. The minimum Gasteiger partial charge on any atom is -0.350 e. The second kappa shape index (κ2) is 8.39. The molecule has 3 amide bonds. The van der Waals surface area contributed by atoms with Gasteiger partial charge < -0.3 is 15.5 Å². The summed E-state index contributed by atoms with van der Waals surface area (Å²) in [5.74, 6) is -2.00. The summed E-state index contributed by atoms with van der Waals surface area (Å²) in [5.41, 5.74) is 0.897. The maximum absolute atomic E-state index is 13.9. The highest BCUT2D eigenvalue weighted by atomic mass is 19.1. The molecule has 7 nitrogen and oxygen atoms in total. The molecule has 0 spiro atoms. The van der Waals surface area contributed by atoms with Crippen LogP contribution < -0.4 is 10.6 Å². The van der Waals surface area contributed by atoms with Gasteiger partial charge in [-0.05, 0) is 24.3 Å². The van der Waals surface area contributed by atoms with Crippen LogP contribution in [0.15, 0.2) is 54.9 Å². The largest absolute Gasteiger partial charge is 0.350 e. The molecule has 0 aliphatic carbocycles. The Bertz CT molecular complexity index is 816. The number of pyridine rings is 1. The number of likely N-dealkylation sites (tertiary alicyclic amines) is 1. The average molecular weight is 370 g/mol. The normalized spacial score (nSPS) is 18.8. The van der Waals surface area contributed by atoms with Gasteiger partial charge >= 0.3 is 11.8 Å². The lowest BCUT2D eigenvalue weighted by atomic mass is 10.2. The van der Waals surface area contributed by atoms with Crippen molar-refractivity contribution < 1.29 is 18.8 Å². The van der Waals surface area contributed by atoms with Crippen LogP contribution in [0.4, 0.5) is 10.1 Å². The maximum Gasteiger partial charge on any atom is 0.313 e. The third-order valence-corrected chi connectivity index (χ3v) is 4.29. The number of hydrogen-bond acceptors (Lipinski definition) is 4. The van der Waals surface area contributed by atoms with E-state index < -0.39 is 24.0 Å². The molecule has 1 aromatic heterocycles. The zero-order chi connectivity index (χ0) is 19.2. The van der Waals surface area contributed by atoms with E-state index in [1.807, 2.05) is 0 Å². The van der Waals surface area contributed by atoms with Gasteiger partial charge in [0.2, 0.25) is 0 Å². The van der Waals surface area contributed by atoms with Crippen LogP contribution in [0.25, 0.3) is 0 Å².